The lowest BCUT2D eigenvalue weighted by Gasteiger charge is -2.11. The van der Waals surface area contributed by atoms with E-state index in [1.807, 2.05) is 36.4 Å². The standard InChI is InChI=1S/C17H16N4/c18-16-10-11-19-17(21-16)20-15-9-5-4-8-14(15)12-13-6-2-1-3-7-13/h1-11H,12H2,(H3,18,19,20,21). The summed E-state index contributed by atoms with van der Waals surface area (Å²) < 4.78 is 0. The number of nitrogen functional groups attached to an aromatic ring is 1. The van der Waals surface area contributed by atoms with E-state index >= 15 is 0 Å². The van der Waals surface area contributed by atoms with Gasteiger partial charge in [0, 0.05) is 11.9 Å². The third kappa shape index (κ3) is 3.36. The molecule has 0 bridgehead atoms. The molecule has 0 saturated heterocycles. The Morgan fingerprint density at radius 3 is 2.48 bits per heavy atom. The third-order valence-corrected chi connectivity index (χ3v) is 3.18. The fraction of sp³-hybridized carbons (Fsp3) is 0.0588. The average molecular weight is 276 g/mol. The molecule has 4 nitrogen and oxygen atoms in total. The van der Waals surface area contributed by atoms with Gasteiger partial charge in [0.25, 0.3) is 0 Å². The lowest BCUT2D eigenvalue weighted by molar-refractivity contribution is 1.15. The van der Waals surface area contributed by atoms with Crippen LogP contribution in [-0.2, 0) is 6.42 Å². The summed E-state index contributed by atoms with van der Waals surface area (Å²) in [6.07, 6.45) is 2.50. The van der Waals surface area contributed by atoms with E-state index in [1.165, 1.54) is 11.1 Å². The summed E-state index contributed by atoms with van der Waals surface area (Å²) >= 11 is 0. The Labute approximate surface area is 123 Å². The van der Waals surface area contributed by atoms with Crippen molar-refractivity contribution in [3.8, 4) is 0 Å². The van der Waals surface area contributed by atoms with E-state index in [9.17, 15) is 0 Å². The first-order valence-electron chi connectivity index (χ1n) is 6.78. The second kappa shape index (κ2) is 6.05. The summed E-state index contributed by atoms with van der Waals surface area (Å²) in [6.45, 7) is 0. The van der Waals surface area contributed by atoms with Crippen LogP contribution in [0, 0.1) is 0 Å². The minimum absolute atomic E-state index is 0.452. The number of hydrogen-bond donors (Lipinski definition) is 2. The van der Waals surface area contributed by atoms with E-state index in [4.69, 9.17) is 5.73 Å². The molecule has 1 heterocycles. The van der Waals surface area contributed by atoms with Crippen molar-refractivity contribution in [2.45, 2.75) is 6.42 Å². The van der Waals surface area contributed by atoms with Gasteiger partial charge in [0.15, 0.2) is 0 Å². The number of para-hydroxylation sites is 1. The Hall–Kier alpha value is -2.88. The van der Waals surface area contributed by atoms with E-state index in [1.54, 1.807) is 12.3 Å². The zero-order valence-corrected chi connectivity index (χ0v) is 11.5. The zero-order chi connectivity index (χ0) is 14.5. The molecule has 1 aromatic heterocycles. The maximum absolute atomic E-state index is 5.68. The summed E-state index contributed by atoms with van der Waals surface area (Å²) in [7, 11) is 0. The van der Waals surface area contributed by atoms with Gasteiger partial charge in [-0.3, -0.25) is 0 Å². The first-order chi connectivity index (χ1) is 10.3. The van der Waals surface area contributed by atoms with Crippen molar-refractivity contribution < 1.29 is 0 Å². The van der Waals surface area contributed by atoms with Crippen LogP contribution >= 0.6 is 0 Å². The number of hydrogen-bond acceptors (Lipinski definition) is 4. The van der Waals surface area contributed by atoms with E-state index in [0.717, 1.165) is 12.1 Å². The highest BCUT2D eigenvalue weighted by Crippen LogP contribution is 2.21. The van der Waals surface area contributed by atoms with Crippen molar-refractivity contribution in [3.05, 3.63) is 78.0 Å². The van der Waals surface area contributed by atoms with Gasteiger partial charge in [-0.1, -0.05) is 48.5 Å². The molecule has 21 heavy (non-hydrogen) atoms. The molecule has 0 unspecified atom stereocenters. The molecule has 0 fully saturated rings. The maximum atomic E-state index is 5.68. The van der Waals surface area contributed by atoms with E-state index < -0.39 is 0 Å². The Kier molecular flexibility index (Phi) is 3.78. The van der Waals surface area contributed by atoms with Gasteiger partial charge in [0.1, 0.15) is 5.82 Å². The summed E-state index contributed by atoms with van der Waals surface area (Å²) in [5, 5.41) is 3.23. The van der Waals surface area contributed by atoms with E-state index in [0.29, 0.717) is 11.8 Å². The number of nitrogens with one attached hydrogen (secondary N) is 1. The predicted octanol–water partition coefficient (Wildman–Crippen LogP) is 3.39. The first-order valence-corrected chi connectivity index (χ1v) is 6.78. The molecule has 0 aliphatic rings. The van der Waals surface area contributed by atoms with E-state index in [-0.39, 0.29) is 0 Å². The number of anilines is 3. The van der Waals surface area contributed by atoms with Crippen molar-refractivity contribution in [3.63, 3.8) is 0 Å². The van der Waals surface area contributed by atoms with Gasteiger partial charge in [-0.15, -0.1) is 0 Å². The highest BCUT2D eigenvalue weighted by Gasteiger charge is 2.05. The van der Waals surface area contributed by atoms with Gasteiger partial charge >= 0.3 is 0 Å². The SMILES string of the molecule is Nc1ccnc(Nc2ccccc2Cc2ccccc2)n1. The Morgan fingerprint density at radius 2 is 1.67 bits per heavy atom. The molecule has 0 radical (unpaired) electrons. The molecule has 2 aromatic carbocycles. The molecule has 0 saturated carbocycles. The minimum Gasteiger partial charge on any atom is -0.384 e. The number of benzene rings is 2. The molecule has 3 N–H and O–H groups in total. The van der Waals surface area contributed by atoms with Crippen LogP contribution in [0.15, 0.2) is 66.9 Å². The molecule has 3 aromatic rings. The van der Waals surface area contributed by atoms with Gasteiger partial charge < -0.3 is 11.1 Å². The molecule has 0 atom stereocenters. The molecular formula is C17H16N4. The Balaban J connectivity index is 1.86. The van der Waals surface area contributed by atoms with Crippen molar-refractivity contribution >= 4 is 17.5 Å². The summed E-state index contributed by atoms with van der Waals surface area (Å²) in [4.78, 5) is 8.35. The van der Waals surface area contributed by atoms with Crippen LogP contribution in [0.1, 0.15) is 11.1 Å². The van der Waals surface area contributed by atoms with Gasteiger partial charge in [-0.25, -0.2) is 4.98 Å². The van der Waals surface area contributed by atoms with Crippen molar-refractivity contribution in [2.75, 3.05) is 11.1 Å². The summed E-state index contributed by atoms with van der Waals surface area (Å²) in [5.41, 5.74) is 9.13. The van der Waals surface area contributed by atoms with Crippen LogP contribution in [-0.4, -0.2) is 9.97 Å². The van der Waals surface area contributed by atoms with Gasteiger partial charge in [0.05, 0.1) is 0 Å². The molecule has 3 rings (SSSR count). The molecule has 0 spiro atoms. The van der Waals surface area contributed by atoms with E-state index in [2.05, 4.69) is 33.5 Å². The topological polar surface area (TPSA) is 63.8 Å². The van der Waals surface area contributed by atoms with Crippen LogP contribution in [0.3, 0.4) is 0 Å². The number of aromatic nitrogens is 2. The monoisotopic (exact) mass is 276 g/mol. The maximum Gasteiger partial charge on any atom is 0.229 e. The molecule has 0 aliphatic carbocycles. The second-order valence-corrected chi connectivity index (χ2v) is 4.75. The Morgan fingerprint density at radius 1 is 0.905 bits per heavy atom. The summed E-state index contributed by atoms with van der Waals surface area (Å²) in [6, 6.07) is 20.2. The highest BCUT2D eigenvalue weighted by atomic mass is 15.1. The fourth-order valence-electron chi connectivity index (χ4n) is 2.17. The average Bonchev–Trinajstić information content (AvgIpc) is 2.50. The van der Waals surface area contributed by atoms with Gasteiger partial charge in [-0.2, -0.15) is 4.98 Å². The van der Waals surface area contributed by atoms with Crippen LogP contribution in [0.5, 0.6) is 0 Å². The Bertz CT molecular complexity index is 726. The molecule has 104 valence electrons. The van der Waals surface area contributed by atoms with Crippen LogP contribution in [0.2, 0.25) is 0 Å². The second-order valence-electron chi connectivity index (χ2n) is 4.75. The zero-order valence-electron chi connectivity index (χ0n) is 11.5. The number of nitrogens with zero attached hydrogens (tertiary/aromatic N) is 2. The number of rotatable bonds is 4. The number of nitrogens with two attached hydrogens (primary N) is 1. The van der Waals surface area contributed by atoms with Crippen LogP contribution in [0.25, 0.3) is 0 Å². The van der Waals surface area contributed by atoms with Crippen LogP contribution < -0.4 is 11.1 Å². The van der Waals surface area contributed by atoms with Gasteiger partial charge in [0.2, 0.25) is 5.95 Å². The largest absolute Gasteiger partial charge is 0.384 e. The fourth-order valence-corrected chi connectivity index (χ4v) is 2.17. The highest BCUT2D eigenvalue weighted by molar-refractivity contribution is 5.60. The lowest BCUT2D eigenvalue weighted by atomic mass is 10.0. The minimum atomic E-state index is 0.452. The summed E-state index contributed by atoms with van der Waals surface area (Å²) in [5.74, 6) is 0.962. The van der Waals surface area contributed by atoms with Crippen molar-refractivity contribution in [1.29, 1.82) is 0 Å². The molecule has 0 amide bonds. The van der Waals surface area contributed by atoms with Crippen LogP contribution in [0.4, 0.5) is 17.5 Å². The molecular weight excluding hydrogens is 260 g/mol. The first kappa shape index (κ1) is 13.1. The van der Waals surface area contributed by atoms with Crippen molar-refractivity contribution in [1.82, 2.24) is 9.97 Å². The van der Waals surface area contributed by atoms with Crippen molar-refractivity contribution in [2.24, 2.45) is 0 Å². The smallest absolute Gasteiger partial charge is 0.229 e. The predicted molar refractivity (Wildman–Crippen MR) is 85.4 cm³/mol. The molecule has 4 heteroatoms. The van der Waals surface area contributed by atoms with Gasteiger partial charge in [-0.05, 0) is 29.7 Å². The lowest BCUT2D eigenvalue weighted by Crippen LogP contribution is -2.02. The molecule has 0 aliphatic heterocycles. The quantitative estimate of drug-likeness (QED) is 0.766. The normalized spacial score (nSPS) is 10.3. The third-order valence-electron chi connectivity index (χ3n) is 3.18.